The number of non-ortho nitro benzene ring substituents is 1. The molecule has 2 aliphatic rings. The fourth-order valence-electron chi connectivity index (χ4n) is 3.47. The molecule has 2 saturated heterocycles. The molecule has 23 heavy (non-hydrogen) atoms. The molecular formula is C16H21N3O4. The standard InChI is InChI=1S/C16H21N3O4/c20-15(12-4-3-5-13(10-12)19(22)23)16(21)18-9-6-14(11-18)17-7-1-2-8-17/h3-5,10,14-15,20H,1-2,6-9,11H2. The summed E-state index contributed by atoms with van der Waals surface area (Å²) < 4.78 is 0. The molecule has 2 atom stereocenters. The van der Waals surface area contributed by atoms with Crippen LogP contribution in [-0.4, -0.2) is 58.0 Å². The molecule has 7 nitrogen and oxygen atoms in total. The highest BCUT2D eigenvalue weighted by Gasteiger charge is 2.34. The summed E-state index contributed by atoms with van der Waals surface area (Å²) in [5.74, 6) is -0.368. The average Bonchev–Trinajstić information content (AvgIpc) is 3.24. The number of aliphatic hydroxyl groups is 1. The molecule has 0 bridgehead atoms. The second-order valence-electron chi connectivity index (χ2n) is 6.22. The SMILES string of the molecule is O=C(C(O)c1cccc([N+](=O)[O-])c1)N1CCC(N2CCCC2)C1. The third kappa shape index (κ3) is 3.35. The van der Waals surface area contributed by atoms with E-state index >= 15 is 0 Å². The van der Waals surface area contributed by atoms with Crippen molar-refractivity contribution in [1.82, 2.24) is 9.80 Å². The summed E-state index contributed by atoms with van der Waals surface area (Å²) in [6.45, 7) is 3.43. The van der Waals surface area contributed by atoms with Gasteiger partial charge < -0.3 is 10.0 Å². The topological polar surface area (TPSA) is 86.9 Å². The van der Waals surface area contributed by atoms with Crippen LogP contribution in [0.5, 0.6) is 0 Å². The number of nitrogens with zero attached hydrogens (tertiary/aromatic N) is 3. The molecule has 2 aliphatic heterocycles. The first-order valence-electron chi connectivity index (χ1n) is 8.01. The molecule has 0 aliphatic carbocycles. The van der Waals surface area contributed by atoms with E-state index < -0.39 is 11.0 Å². The molecule has 3 rings (SSSR count). The second-order valence-corrected chi connectivity index (χ2v) is 6.22. The number of rotatable bonds is 4. The highest BCUT2D eigenvalue weighted by molar-refractivity contribution is 5.82. The van der Waals surface area contributed by atoms with E-state index in [1.165, 1.54) is 31.0 Å². The highest BCUT2D eigenvalue weighted by Crippen LogP contribution is 2.25. The number of nitro benzene ring substituents is 1. The van der Waals surface area contributed by atoms with E-state index in [1.807, 2.05) is 0 Å². The van der Waals surface area contributed by atoms with Crippen molar-refractivity contribution >= 4 is 11.6 Å². The number of benzene rings is 1. The third-order valence-electron chi connectivity index (χ3n) is 4.76. The van der Waals surface area contributed by atoms with Crippen LogP contribution in [-0.2, 0) is 4.79 Å². The number of likely N-dealkylation sites (tertiary alicyclic amines) is 2. The zero-order chi connectivity index (χ0) is 16.4. The average molecular weight is 319 g/mol. The number of amides is 1. The molecule has 0 spiro atoms. The van der Waals surface area contributed by atoms with Crippen LogP contribution in [0, 0.1) is 10.1 Å². The van der Waals surface area contributed by atoms with Crippen LogP contribution >= 0.6 is 0 Å². The molecule has 0 radical (unpaired) electrons. The van der Waals surface area contributed by atoms with Crippen molar-refractivity contribution in [3.63, 3.8) is 0 Å². The molecule has 1 amide bonds. The van der Waals surface area contributed by atoms with Gasteiger partial charge in [0.15, 0.2) is 6.10 Å². The van der Waals surface area contributed by atoms with E-state index in [0.29, 0.717) is 19.1 Å². The van der Waals surface area contributed by atoms with Gasteiger partial charge in [0, 0.05) is 31.3 Å². The molecule has 0 saturated carbocycles. The molecule has 1 aromatic carbocycles. The van der Waals surface area contributed by atoms with E-state index in [0.717, 1.165) is 19.5 Å². The van der Waals surface area contributed by atoms with Crippen molar-refractivity contribution in [2.24, 2.45) is 0 Å². The Hall–Kier alpha value is -1.99. The molecule has 1 N–H and O–H groups in total. The van der Waals surface area contributed by atoms with Gasteiger partial charge in [0.2, 0.25) is 0 Å². The Morgan fingerprint density at radius 2 is 2.04 bits per heavy atom. The Kier molecular flexibility index (Phi) is 4.58. The van der Waals surface area contributed by atoms with Crippen LogP contribution in [0.2, 0.25) is 0 Å². The van der Waals surface area contributed by atoms with Crippen molar-refractivity contribution in [2.45, 2.75) is 31.4 Å². The number of carbonyl (C=O) groups is 1. The van der Waals surface area contributed by atoms with Crippen molar-refractivity contribution in [2.75, 3.05) is 26.2 Å². The summed E-state index contributed by atoms with van der Waals surface area (Å²) in [5, 5.41) is 21.1. The smallest absolute Gasteiger partial charge is 0.269 e. The van der Waals surface area contributed by atoms with Crippen molar-refractivity contribution in [3.05, 3.63) is 39.9 Å². The molecule has 0 aromatic heterocycles. The van der Waals surface area contributed by atoms with E-state index in [-0.39, 0.29) is 17.2 Å². The van der Waals surface area contributed by atoms with Gasteiger partial charge in [-0.15, -0.1) is 0 Å². The summed E-state index contributed by atoms with van der Waals surface area (Å²) >= 11 is 0. The summed E-state index contributed by atoms with van der Waals surface area (Å²) in [4.78, 5) is 26.8. The minimum Gasteiger partial charge on any atom is -0.378 e. The van der Waals surface area contributed by atoms with Gasteiger partial charge in [-0.2, -0.15) is 0 Å². The molecule has 124 valence electrons. The number of carbonyl (C=O) groups excluding carboxylic acids is 1. The molecule has 2 heterocycles. The van der Waals surface area contributed by atoms with E-state index in [4.69, 9.17) is 0 Å². The van der Waals surface area contributed by atoms with Crippen LogP contribution in [0.15, 0.2) is 24.3 Å². The minimum absolute atomic E-state index is 0.120. The van der Waals surface area contributed by atoms with Gasteiger partial charge in [0.25, 0.3) is 11.6 Å². The quantitative estimate of drug-likeness (QED) is 0.668. The minimum atomic E-state index is -1.34. The number of hydrogen-bond acceptors (Lipinski definition) is 5. The zero-order valence-electron chi connectivity index (χ0n) is 12.9. The van der Waals surface area contributed by atoms with Crippen molar-refractivity contribution in [1.29, 1.82) is 0 Å². The molecular weight excluding hydrogens is 298 g/mol. The van der Waals surface area contributed by atoms with Crippen LogP contribution < -0.4 is 0 Å². The molecule has 2 fully saturated rings. The Bertz CT molecular complexity index is 601. The summed E-state index contributed by atoms with van der Waals surface area (Å²) in [5.41, 5.74) is 0.152. The first-order chi connectivity index (χ1) is 11.1. The van der Waals surface area contributed by atoms with Gasteiger partial charge in [0.05, 0.1) is 4.92 Å². The lowest BCUT2D eigenvalue weighted by Gasteiger charge is -2.24. The fourth-order valence-corrected chi connectivity index (χ4v) is 3.47. The van der Waals surface area contributed by atoms with Gasteiger partial charge in [0.1, 0.15) is 0 Å². The van der Waals surface area contributed by atoms with Gasteiger partial charge in [-0.1, -0.05) is 12.1 Å². The van der Waals surface area contributed by atoms with Crippen LogP contribution in [0.3, 0.4) is 0 Å². The van der Waals surface area contributed by atoms with Crippen molar-refractivity contribution < 1.29 is 14.8 Å². The summed E-state index contributed by atoms with van der Waals surface area (Å²) in [7, 11) is 0. The predicted molar refractivity (Wildman–Crippen MR) is 83.8 cm³/mol. The van der Waals surface area contributed by atoms with Gasteiger partial charge in [-0.25, -0.2) is 0 Å². The summed E-state index contributed by atoms with van der Waals surface area (Å²) in [6, 6.07) is 6.01. The maximum absolute atomic E-state index is 12.5. The van der Waals surface area contributed by atoms with Crippen LogP contribution in [0.1, 0.15) is 30.9 Å². The third-order valence-corrected chi connectivity index (χ3v) is 4.76. The molecule has 1 aromatic rings. The predicted octanol–water partition coefficient (Wildman–Crippen LogP) is 1.32. The maximum Gasteiger partial charge on any atom is 0.269 e. The van der Waals surface area contributed by atoms with E-state index in [2.05, 4.69) is 4.90 Å². The largest absolute Gasteiger partial charge is 0.378 e. The Morgan fingerprint density at radius 3 is 2.74 bits per heavy atom. The highest BCUT2D eigenvalue weighted by atomic mass is 16.6. The van der Waals surface area contributed by atoms with Crippen LogP contribution in [0.25, 0.3) is 0 Å². The number of nitro groups is 1. The number of hydrogen-bond donors (Lipinski definition) is 1. The maximum atomic E-state index is 12.5. The second kappa shape index (κ2) is 6.64. The Morgan fingerprint density at radius 1 is 1.30 bits per heavy atom. The first kappa shape index (κ1) is 15.9. The normalized spacial score (nSPS) is 23.2. The zero-order valence-corrected chi connectivity index (χ0v) is 12.9. The lowest BCUT2D eigenvalue weighted by molar-refractivity contribution is -0.385. The van der Waals surface area contributed by atoms with Gasteiger partial charge in [-0.05, 0) is 37.9 Å². The molecule has 7 heteroatoms. The fraction of sp³-hybridized carbons (Fsp3) is 0.562. The van der Waals surface area contributed by atoms with E-state index in [1.54, 1.807) is 11.0 Å². The Labute approximate surface area is 134 Å². The van der Waals surface area contributed by atoms with E-state index in [9.17, 15) is 20.0 Å². The lowest BCUT2D eigenvalue weighted by atomic mass is 10.1. The lowest BCUT2D eigenvalue weighted by Crippen LogP contribution is -2.38. The summed E-state index contributed by atoms with van der Waals surface area (Å²) in [6.07, 6.45) is 2.00. The Balaban J connectivity index is 1.65. The number of aliphatic hydroxyl groups excluding tert-OH is 1. The monoisotopic (exact) mass is 319 g/mol. The molecule has 2 unspecified atom stereocenters. The van der Waals surface area contributed by atoms with Crippen LogP contribution in [0.4, 0.5) is 5.69 Å². The first-order valence-corrected chi connectivity index (χ1v) is 8.01. The van der Waals surface area contributed by atoms with Gasteiger partial charge >= 0.3 is 0 Å². The van der Waals surface area contributed by atoms with Crippen molar-refractivity contribution in [3.8, 4) is 0 Å². The van der Waals surface area contributed by atoms with Gasteiger partial charge in [-0.3, -0.25) is 19.8 Å².